The molecule has 5 heteroatoms. The molecular formula is C19H25N3O2. The molecule has 1 aromatic heterocycles. The van der Waals surface area contributed by atoms with E-state index in [9.17, 15) is 4.79 Å². The van der Waals surface area contributed by atoms with E-state index in [1.54, 1.807) is 4.90 Å². The molecule has 0 aliphatic carbocycles. The van der Waals surface area contributed by atoms with E-state index in [-0.39, 0.29) is 12.5 Å². The van der Waals surface area contributed by atoms with Gasteiger partial charge in [0, 0.05) is 12.2 Å². The molecular weight excluding hydrogens is 302 g/mol. The van der Waals surface area contributed by atoms with Crippen LogP contribution in [0, 0.1) is 6.92 Å². The molecule has 2 aromatic rings. The number of amides is 1. The molecule has 0 atom stereocenters. The van der Waals surface area contributed by atoms with Crippen LogP contribution in [0.25, 0.3) is 0 Å². The van der Waals surface area contributed by atoms with E-state index in [2.05, 4.69) is 9.88 Å². The molecule has 0 aliphatic heterocycles. The molecule has 128 valence electrons. The fourth-order valence-electron chi connectivity index (χ4n) is 2.33. The van der Waals surface area contributed by atoms with Gasteiger partial charge in [0.05, 0.1) is 0 Å². The molecule has 2 rings (SSSR count). The van der Waals surface area contributed by atoms with Gasteiger partial charge in [-0.15, -0.1) is 0 Å². The second-order valence-electron chi connectivity index (χ2n) is 5.94. The average Bonchev–Trinajstić information content (AvgIpc) is 2.57. The third kappa shape index (κ3) is 5.66. The highest BCUT2D eigenvalue weighted by atomic mass is 16.5. The first-order valence-electron chi connectivity index (χ1n) is 8.13. The van der Waals surface area contributed by atoms with Crippen LogP contribution in [0.15, 0.2) is 48.5 Å². The maximum Gasteiger partial charge on any atom is 0.266 e. The number of carbonyl (C=O) groups excluding carboxylic acids is 1. The Morgan fingerprint density at radius 2 is 1.79 bits per heavy atom. The number of benzene rings is 1. The molecule has 0 N–H and O–H groups in total. The van der Waals surface area contributed by atoms with Gasteiger partial charge in [0.25, 0.3) is 5.91 Å². The summed E-state index contributed by atoms with van der Waals surface area (Å²) in [7, 11) is 4.05. The van der Waals surface area contributed by atoms with Crippen molar-refractivity contribution in [3.63, 3.8) is 0 Å². The lowest BCUT2D eigenvalue weighted by atomic mass is 10.3. The quantitative estimate of drug-likeness (QED) is 0.748. The Hall–Kier alpha value is -2.40. The fraction of sp³-hybridized carbons (Fsp3) is 0.368. The first kappa shape index (κ1) is 17.9. The van der Waals surface area contributed by atoms with Crippen LogP contribution in [0.4, 0.5) is 5.82 Å². The number of aromatic nitrogens is 1. The Labute approximate surface area is 143 Å². The first-order valence-corrected chi connectivity index (χ1v) is 8.13. The maximum atomic E-state index is 12.7. The van der Waals surface area contributed by atoms with E-state index in [1.807, 2.05) is 69.6 Å². The molecule has 0 aliphatic rings. The van der Waals surface area contributed by atoms with Crippen LogP contribution in [0.2, 0.25) is 0 Å². The summed E-state index contributed by atoms with van der Waals surface area (Å²) in [5.41, 5.74) is 0.891. The van der Waals surface area contributed by atoms with Gasteiger partial charge >= 0.3 is 0 Å². The largest absolute Gasteiger partial charge is 0.484 e. The molecule has 0 saturated heterocycles. The zero-order valence-corrected chi connectivity index (χ0v) is 14.6. The van der Waals surface area contributed by atoms with Crippen LogP contribution in [0.1, 0.15) is 12.1 Å². The van der Waals surface area contributed by atoms with Crippen molar-refractivity contribution < 1.29 is 9.53 Å². The van der Waals surface area contributed by atoms with Crippen LogP contribution >= 0.6 is 0 Å². The summed E-state index contributed by atoms with van der Waals surface area (Å²) in [6.07, 6.45) is 0.875. The highest BCUT2D eigenvalue weighted by Crippen LogP contribution is 2.14. The third-order valence-corrected chi connectivity index (χ3v) is 3.54. The van der Waals surface area contributed by atoms with E-state index < -0.39 is 0 Å². The molecule has 0 saturated carbocycles. The van der Waals surface area contributed by atoms with Gasteiger partial charge < -0.3 is 9.64 Å². The number of carbonyl (C=O) groups is 1. The number of hydrogen-bond donors (Lipinski definition) is 0. The van der Waals surface area contributed by atoms with Gasteiger partial charge in [-0.1, -0.05) is 24.3 Å². The number of pyridine rings is 1. The lowest BCUT2D eigenvalue weighted by molar-refractivity contribution is -0.120. The van der Waals surface area contributed by atoms with Crippen molar-refractivity contribution in [1.82, 2.24) is 9.88 Å². The molecule has 0 bridgehead atoms. The average molecular weight is 327 g/mol. The molecule has 1 heterocycles. The smallest absolute Gasteiger partial charge is 0.266 e. The van der Waals surface area contributed by atoms with Gasteiger partial charge in [0.2, 0.25) is 0 Å². The zero-order chi connectivity index (χ0) is 17.4. The molecule has 0 fully saturated rings. The summed E-state index contributed by atoms with van der Waals surface area (Å²) in [5, 5.41) is 0. The molecule has 1 amide bonds. The number of anilines is 1. The molecule has 0 unspecified atom stereocenters. The second kappa shape index (κ2) is 9.03. The summed E-state index contributed by atoms with van der Waals surface area (Å²) in [6.45, 7) is 3.45. The monoisotopic (exact) mass is 327 g/mol. The van der Waals surface area contributed by atoms with Gasteiger partial charge in [0.1, 0.15) is 11.6 Å². The molecule has 5 nitrogen and oxygen atoms in total. The summed E-state index contributed by atoms with van der Waals surface area (Å²) in [4.78, 5) is 20.9. The molecule has 1 aromatic carbocycles. The van der Waals surface area contributed by atoms with Gasteiger partial charge in [0.15, 0.2) is 6.61 Å². The number of hydrogen-bond acceptors (Lipinski definition) is 4. The minimum atomic E-state index is -0.0873. The van der Waals surface area contributed by atoms with Crippen molar-refractivity contribution in [2.45, 2.75) is 13.3 Å². The van der Waals surface area contributed by atoms with Gasteiger partial charge in [-0.3, -0.25) is 9.69 Å². The second-order valence-corrected chi connectivity index (χ2v) is 5.94. The van der Waals surface area contributed by atoms with E-state index in [0.717, 1.165) is 18.7 Å². The normalized spacial score (nSPS) is 10.7. The van der Waals surface area contributed by atoms with Gasteiger partial charge in [-0.2, -0.15) is 0 Å². The van der Waals surface area contributed by atoms with E-state index in [0.29, 0.717) is 18.1 Å². The molecule has 0 spiro atoms. The lowest BCUT2D eigenvalue weighted by Crippen LogP contribution is -2.37. The van der Waals surface area contributed by atoms with Crippen molar-refractivity contribution in [3.8, 4) is 5.75 Å². The Kier molecular flexibility index (Phi) is 6.75. The van der Waals surface area contributed by atoms with E-state index >= 15 is 0 Å². The third-order valence-electron chi connectivity index (χ3n) is 3.54. The first-order chi connectivity index (χ1) is 11.6. The van der Waals surface area contributed by atoms with Gasteiger partial charge in [-0.25, -0.2) is 4.98 Å². The number of rotatable bonds is 8. The zero-order valence-electron chi connectivity index (χ0n) is 14.6. The van der Waals surface area contributed by atoms with Crippen molar-refractivity contribution in [1.29, 1.82) is 0 Å². The van der Waals surface area contributed by atoms with Crippen molar-refractivity contribution in [3.05, 3.63) is 54.2 Å². The number of para-hydroxylation sites is 1. The van der Waals surface area contributed by atoms with Crippen molar-refractivity contribution in [2.24, 2.45) is 0 Å². The summed E-state index contributed by atoms with van der Waals surface area (Å²) in [5.74, 6) is 1.28. The summed E-state index contributed by atoms with van der Waals surface area (Å²) < 4.78 is 5.60. The van der Waals surface area contributed by atoms with Crippen LogP contribution < -0.4 is 9.64 Å². The highest BCUT2D eigenvalue weighted by Gasteiger charge is 2.17. The summed E-state index contributed by atoms with van der Waals surface area (Å²) >= 11 is 0. The van der Waals surface area contributed by atoms with E-state index in [4.69, 9.17) is 4.74 Å². The number of ether oxygens (including phenoxy) is 1. The van der Waals surface area contributed by atoms with Crippen LogP contribution in [0.3, 0.4) is 0 Å². The maximum absolute atomic E-state index is 12.7. The SMILES string of the molecule is Cc1cccc(N(CCCN(C)C)C(=O)COc2ccccc2)n1. The minimum absolute atomic E-state index is 0.00159. The Morgan fingerprint density at radius 1 is 1.04 bits per heavy atom. The minimum Gasteiger partial charge on any atom is -0.484 e. The Bertz CT molecular complexity index is 644. The van der Waals surface area contributed by atoms with Crippen LogP contribution in [-0.4, -0.2) is 49.6 Å². The number of aryl methyl sites for hydroxylation is 1. The van der Waals surface area contributed by atoms with Gasteiger partial charge in [-0.05, 0) is 58.3 Å². The standard InChI is InChI=1S/C19H25N3O2/c1-16-9-7-12-18(20-16)22(14-8-13-21(2)3)19(23)15-24-17-10-5-4-6-11-17/h4-7,9-12H,8,13-15H2,1-3H3. The molecule has 24 heavy (non-hydrogen) atoms. The molecule has 0 radical (unpaired) electrons. The summed E-state index contributed by atoms with van der Waals surface area (Å²) in [6, 6.07) is 15.1. The lowest BCUT2D eigenvalue weighted by Gasteiger charge is -2.23. The highest BCUT2D eigenvalue weighted by molar-refractivity contribution is 5.93. The number of nitrogens with zero attached hydrogens (tertiary/aromatic N) is 3. The fourth-order valence-corrected chi connectivity index (χ4v) is 2.33. The topological polar surface area (TPSA) is 45.7 Å². The Morgan fingerprint density at radius 3 is 2.46 bits per heavy atom. The van der Waals surface area contributed by atoms with Crippen molar-refractivity contribution in [2.75, 3.05) is 38.7 Å². The predicted molar refractivity (Wildman–Crippen MR) is 96.4 cm³/mol. The van der Waals surface area contributed by atoms with E-state index in [1.165, 1.54) is 0 Å². The predicted octanol–water partition coefficient (Wildman–Crippen LogP) is 2.75. The Balaban J connectivity index is 2.04. The van der Waals surface area contributed by atoms with Crippen molar-refractivity contribution >= 4 is 11.7 Å². The van der Waals surface area contributed by atoms with Crippen LogP contribution in [-0.2, 0) is 4.79 Å². The van der Waals surface area contributed by atoms with Crippen LogP contribution in [0.5, 0.6) is 5.75 Å².